The van der Waals surface area contributed by atoms with Crippen LogP contribution in [0.2, 0.25) is 0 Å². The number of aliphatic hydroxyl groups is 1. The number of hydrogen-bond donors (Lipinski definition) is 1. The smallest absolute Gasteiger partial charge is 0.240 e. The van der Waals surface area contributed by atoms with E-state index in [0.717, 1.165) is 0 Å². The monoisotopic (exact) mass is 322 g/mol. The molecular formula is C6H8Cl6O2. The van der Waals surface area contributed by atoms with E-state index >= 15 is 0 Å². The van der Waals surface area contributed by atoms with E-state index in [2.05, 4.69) is 0 Å². The summed E-state index contributed by atoms with van der Waals surface area (Å²) in [7, 11) is 0. The van der Waals surface area contributed by atoms with Crippen molar-refractivity contribution < 1.29 is 9.84 Å². The summed E-state index contributed by atoms with van der Waals surface area (Å²) in [4.78, 5) is 0. The highest BCUT2D eigenvalue weighted by Gasteiger charge is 2.46. The Hall–Kier alpha value is 1.66. The molecule has 0 radical (unpaired) electrons. The van der Waals surface area contributed by atoms with Crippen molar-refractivity contribution in [3.05, 3.63) is 0 Å². The van der Waals surface area contributed by atoms with Gasteiger partial charge in [-0.1, -0.05) is 69.6 Å². The Morgan fingerprint density at radius 2 is 1.36 bits per heavy atom. The third-order valence-corrected chi connectivity index (χ3v) is 3.29. The van der Waals surface area contributed by atoms with Crippen molar-refractivity contribution in [2.45, 2.75) is 33.3 Å². The zero-order valence-corrected chi connectivity index (χ0v) is 11.7. The number of rotatable bonds is 2. The van der Waals surface area contributed by atoms with Crippen LogP contribution in [0.5, 0.6) is 0 Å². The van der Waals surface area contributed by atoms with Gasteiger partial charge in [0, 0.05) is 0 Å². The lowest BCUT2D eigenvalue weighted by Crippen LogP contribution is -2.45. The predicted molar refractivity (Wildman–Crippen MR) is 61.8 cm³/mol. The number of halogens is 6. The molecule has 0 aromatic rings. The van der Waals surface area contributed by atoms with E-state index in [4.69, 9.17) is 74.3 Å². The van der Waals surface area contributed by atoms with Crippen LogP contribution in [0, 0.1) is 0 Å². The Morgan fingerprint density at radius 3 is 1.57 bits per heavy atom. The maximum atomic E-state index is 9.29. The third kappa shape index (κ3) is 4.67. The average Bonchev–Trinajstić information content (AvgIpc) is 1.80. The van der Waals surface area contributed by atoms with Crippen LogP contribution in [0.15, 0.2) is 0 Å². The van der Waals surface area contributed by atoms with Gasteiger partial charge in [-0.25, -0.2) is 0 Å². The van der Waals surface area contributed by atoms with E-state index < -0.39 is 19.5 Å². The minimum atomic E-state index is -1.99. The summed E-state index contributed by atoms with van der Waals surface area (Å²) in [6.45, 7) is 2.89. The van der Waals surface area contributed by atoms with Gasteiger partial charge >= 0.3 is 0 Å². The van der Waals surface area contributed by atoms with Crippen molar-refractivity contribution in [3.63, 3.8) is 0 Å². The quantitative estimate of drug-likeness (QED) is 0.617. The summed E-state index contributed by atoms with van der Waals surface area (Å²) in [5.74, 6) is 0. The minimum absolute atomic E-state index is 1.29. The zero-order valence-electron chi connectivity index (χ0n) is 7.20. The maximum absolute atomic E-state index is 9.29. The molecule has 0 fully saturated rings. The van der Waals surface area contributed by atoms with Crippen LogP contribution < -0.4 is 0 Å². The van der Waals surface area contributed by atoms with Crippen molar-refractivity contribution in [1.82, 2.24) is 0 Å². The second-order valence-corrected chi connectivity index (χ2v) is 7.67. The first-order chi connectivity index (χ1) is 5.88. The minimum Gasteiger partial charge on any atom is -0.365 e. The van der Waals surface area contributed by atoms with Gasteiger partial charge in [0.05, 0.1) is 0 Å². The van der Waals surface area contributed by atoms with Crippen molar-refractivity contribution in [2.24, 2.45) is 0 Å². The van der Waals surface area contributed by atoms with Crippen molar-refractivity contribution in [1.29, 1.82) is 0 Å². The Bertz CT molecular complexity index is 193. The maximum Gasteiger partial charge on any atom is 0.240 e. The molecule has 0 spiro atoms. The van der Waals surface area contributed by atoms with E-state index in [1.54, 1.807) is 0 Å². The lowest BCUT2D eigenvalue weighted by atomic mass is 10.2. The van der Waals surface area contributed by atoms with Gasteiger partial charge in [0.2, 0.25) is 13.9 Å². The lowest BCUT2D eigenvalue weighted by molar-refractivity contribution is -0.167. The molecule has 1 atom stereocenters. The highest BCUT2D eigenvalue weighted by Crippen LogP contribution is 2.43. The SMILES string of the molecule is CC(C)(OC(O)C(Cl)(Cl)Cl)C(Cl)(Cl)Cl. The summed E-state index contributed by atoms with van der Waals surface area (Å²) < 4.78 is 1.19. The highest BCUT2D eigenvalue weighted by atomic mass is 35.6. The van der Waals surface area contributed by atoms with Crippen LogP contribution in [0.3, 0.4) is 0 Å². The molecule has 1 N–H and O–H groups in total. The Balaban J connectivity index is 4.53. The molecular weight excluding hydrogens is 317 g/mol. The zero-order chi connectivity index (χ0) is 11.8. The van der Waals surface area contributed by atoms with E-state index in [1.807, 2.05) is 0 Å². The van der Waals surface area contributed by atoms with Gasteiger partial charge in [0.15, 0.2) is 0 Å². The normalized spacial score (nSPS) is 16.9. The van der Waals surface area contributed by atoms with E-state index in [-0.39, 0.29) is 0 Å². The van der Waals surface area contributed by atoms with Crippen LogP contribution in [0.1, 0.15) is 13.8 Å². The molecule has 86 valence electrons. The van der Waals surface area contributed by atoms with Crippen LogP contribution >= 0.6 is 69.6 Å². The first-order valence-electron chi connectivity index (χ1n) is 3.37. The molecule has 0 aliphatic carbocycles. The highest BCUT2D eigenvalue weighted by molar-refractivity contribution is 6.68. The molecule has 1 unspecified atom stereocenters. The van der Waals surface area contributed by atoms with Crippen molar-refractivity contribution in [3.8, 4) is 0 Å². The molecule has 0 saturated heterocycles. The molecule has 0 aliphatic rings. The molecule has 0 aromatic heterocycles. The Morgan fingerprint density at radius 1 is 1.00 bits per heavy atom. The summed E-state index contributed by atoms with van der Waals surface area (Å²) in [6, 6.07) is 0. The fraction of sp³-hybridized carbons (Fsp3) is 1.00. The second-order valence-electron chi connectivity index (χ2n) is 3.02. The fourth-order valence-corrected chi connectivity index (χ4v) is 0.680. The van der Waals surface area contributed by atoms with E-state index in [0.29, 0.717) is 0 Å². The van der Waals surface area contributed by atoms with Gasteiger partial charge in [-0.2, -0.15) is 0 Å². The predicted octanol–water partition coefficient (Wildman–Crippen LogP) is 3.84. The number of hydrogen-bond acceptors (Lipinski definition) is 2. The Labute approximate surface area is 112 Å². The molecule has 0 saturated carbocycles. The van der Waals surface area contributed by atoms with E-state index in [1.165, 1.54) is 13.8 Å². The van der Waals surface area contributed by atoms with Gasteiger partial charge < -0.3 is 9.84 Å². The largest absolute Gasteiger partial charge is 0.365 e. The first kappa shape index (κ1) is 15.7. The van der Waals surface area contributed by atoms with Crippen LogP contribution in [0.4, 0.5) is 0 Å². The summed E-state index contributed by atoms with van der Waals surface area (Å²) in [5.41, 5.74) is -1.29. The molecule has 0 aliphatic heterocycles. The standard InChI is InChI=1S/C6H8Cl6O2/c1-4(2,6(10,11)12)14-3(13)5(7,8)9/h3,13H,1-2H3. The van der Waals surface area contributed by atoms with Gasteiger partial charge in [0.1, 0.15) is 5.60 Å². The molecule has 0 aromatic carbocycles. The van der Waals surface area contributed by atoms with Gasteiger partial charge in [-0.05, 0) is 13.8 Å². The number of ether oxygens (including phenoxy) is 1. The number of alkyl halides is 6. The summed E-state index contributed by atoms with van der Waals surface area (Å²) >= 11 is 32.9. The molecule has 0 bridgehead atoms. The fourth-order valence-electron chi connectivity index (χ4n) is 0.413. The van der Waals surface area contributed by atoms with Gasteiger partial charge in [0.25, 0.3) is 0 Å². The van der Waals surface area contributed by atoms with Crippen molar-refractivity contribution in [2.75, 3.05) is 0 Å². The van der Waals surface area contributed by atoms with Crippen LogP contribution in [-0.4, -0.2) is 24.6 Å². The lowest BCUT2D eigenvalue weighted by Gasteiger charge is -2.35. The van der Waals surface area contributed by atoms with Gasteiger partial charge in [-0.15, -0.1) is 0 Å². The Kier molecular flexibility index (Phi) is 5.47. The molecule has 2 nitrogen and oxygen atoms in total. The summed E-state index contributed by atoms with van der Waals surface area (Å²) in [6.07, 6.45) is -1.68. The number of aliphatic hydroxyl groups excluding tert-OH is 1. The second kappa shape index (κ2) is 4.89. The first-order valence-corrected chi connectivity index (χ1v) is 5.64. The third-order valence-electron chi connectivity index (χ3n) is 1.37. The summed E-state index contributed by atoms with van der Waals surface area (Å²) in [5, 5.41) is 9.29. The average molecular weight is 325 g/mol. The molecule has 8 heteroatoms. The van der Waals surface area contributed by atoms with Crippen LogP contribution in [0.25, 0.3) is 0 Å². The molecule has 14 heavy (non-hydrogen) atoms. The molecule has 0 amide bonds. The van der Waals surface area contributed by atoms with Gasteiger partial charge in [-0.3, -0.25) is 0 Å². The van der Waals surface area contributed by atoms with E-state index in [9.17, 15) is 5.11 Å². The van der Waals surface area contributed by atoms with Crippen LogP contribution in [-0.2, 0) is 4.74 Å². The molecule has 0 rings (SSSR count). The topological polar surface area (TPSA) is 29.5 Å². The molecule has 0 heterocycles. The van der Waals surface area contributed by atoms with Crippen molar-refractivity contribution >= 4 is 69.6 Å².